The van der Waals surface area contributed by atoms with Crippen LogP contribution >= 0.6 is 12.4 Å². The Bertz CT molecular complexity index is 699. The Kier molecular flexibility index (Phi) is 13.9. The molecule has 0 atom stereocenters. The molecule has 10 heteroatoms. The van der Waals surface area contributed by atoms with Crippen LogP contribution in [0, 0.1) is 0 Å². The number of ether oxygens (including phenoxy) is 1. The number of carbonyl (C=O) groups is 2. The average molecular weight is 475 g/mol. The van der Waals surface area contributed by atoms with E-state index in [4.69, 9.17) is 4.74 Å². The minimum atomic E-state index is -0.0568. The number of amides is 2. The predicted octanol–water partition coefficient (Wildman–Crippen LogP) is 0.497. The molecule has 0 bridgehead atoms. The van der Waals surface area contributed by atoms with Gasteiger partial charge in [-0.15, -0.1) is 12.4 Å². The van der Waals surface area contributed by atoms with Crippen molar-refractivity contribution in [2.24, 2.45) is 0 Å². The quantitative estimate of drug-likeness (QED) is 0.586. The van der Waals surface area contributed by atoms with E-state index in [1.165, 1.54) is 0 Å². The Balaban J connectivity index is 0.00000320. The van der Waals surface area contributed by atoms with Gasteiger partial charge in [-0.3, -0.25) is 14.5 Å². The minimum absolute atomic E-state index is 0. The van der Waals surface area contributed by atoms with Crippen LogP contribution in [0.25, 0.3) is 0 Å². The Morgan fingerprint density at radius 2 is 1.75 bits per heavy atom. The highest BCUT2D eigenvalue weighted by Gasteiger charge is 2.22. The number of rotatable bonds is 8. The minimum Gasteiger partial charge on any atom is -0.489 e. The standard InChI is InChI=1S/C22H34N4O3.ClH.2H2O/c1-18(2)29-20-8-4-3-7-19(20)25-15-13-24(14-16-25)12-10-23-21(27)17-26-11-6-5-9-22(26)28;;;/h3-4,7-8,18H,5-6,9-17H2,1-2H3,(H,23,27);1H;2*1H2. The maximum absolute atomic E-state index is 12.1. The van der Waals surface area contributed by atoms with E-state index < -0.39 is 0 Å². The summed E-state index contributed by atoms with van der Waals surface area (Å²) < 4.78 is 5.96. The molecular weight excluding hydrogens is 436 g/mol. The van der Waals surface area contributed by atoms with Crippen molar-refractivity contribution in [3.8, 4) is 5.75 Å². The highest BCUT2D eigenvalue weighted by Crippen LogP contribution is 2.29. The number of anilines is 1. The molecule has 2 fully saturated rings. The van der Waals surface area contributed by atoms with Crippen molar-refractivity contribution in [1.29, 1.82) is 0 Å². The van der Waals surface area contributed by atoms with Gasteiger partial charge in [-0.25, -0.2) is 0 Å². The molecule has 2 amide bonds. The molecule has 2 saturated heterocycles. The Morgan fingerprint density at radius 3 is 2.41 bits per heavy atom. The van der Waals surface area contributed by atoms with Gasteiger partial charge < -0.3 is 30.8 Å². The van der Waals surface area contributed by atoms with Crippen LogP contribution in [0.3, 0.4) is 0 Å². The monoisotopic (exact) mass is 474 g/mol. The third-order valence-electron chi connectivity index (χ3n) is 5.45. The highest BCUT2D eigenvalue weighted by atomic mass is 35.5. The third kappa shape index (κ3) is 8.82. The van der Waals surface area contributed by atoms with Crippen molar-refractivity contribution < 1.29 is 25.3 Å². The Hall–Kier alpha value is -2.07. The van der Waals surface area contributed by atoms with Crippen molar-refractivity contribution in [3.63, 3.8) is 0 Å². The summed E-state index contributed by atoms with van der Waals surface area (Å²) in [6.45, 7) is 10.2. The molecule has 0 saturated carbocycles. The largest absolute Gasteiger partial charge is 0.489 e. The van der Waals surface area contributed by atoms with Crippen molar-refractivity contribution in [2.75, 3.05) is 57.3 Å². The molecule has 2 aliphatic heterocycles. The van der Waals surface area contributed by atoms with Gasteiger partial charge in [0.25, 0.3) is 0 Å². The molecule has 0 unspecified atom stereocenters. The van der Waals surface area contributed by atoms with E-state index in [-0.39, 0.29) is 47.8 Å². The van der Waals surface area contributed by atoms with Gasteiger partial charge in [0.1, 0.15) is 5.75 Å². The molecule has 3 rings (SSSR count). The lowest BCUT2D eigenvalue weighted by atomic mass is 10.1. The molecule has 5 N–H and O–H groups in total. The maximum Gasteiger partial charge on any atom is 0.239 e. The van der Waals surface area contributed by atoms with E-state index in [0.717, 1.165) is 57.0 Å². The second-order valence-corrected chi connectivity index (χ2v) is 8.09. The van der Waals surface area contributed by atoms with Gasteiger partial charge in [0.05, 0.1) is 18.3 Å². The number of nitrogens with zero attached hydrogens (tertiary/aromatic N) is 3. The molecule has 1 aromatic carbocycles. The number of hydrogen-bond donors (Lipinski definition) is 1. The lowest BCUT2D eigenvalue weighted by molar-refractivity contribution is -0.137. The zero-order valence-electron chi connectivity index (χ0n) is 19.1. The number of piperazine rings is 1. The number of benzene rings is 1. The van der Waals surface area contributed by atoms with E-state index in [0.29, 0.717) is 19.5 Å². The van der Waals surface area contributed by atoms with Gasteiger partial charge in [0, 0.05) is 52.2 Å². The smallest absolute Gasteiger partial charge is 0.239 e. The fourth-order valence-corrected chi connectivity index (χ4v) is 3.90. The van der Waals surface area contributed by atoms with E-state index in [1.807, 2.05) is 26.0 Å². The molecule has 0 spiro atoms. The topological polar surface area (TPSA) is 128 Å². The molecular formula is C22H39ClN4O5. The van der Waals surface area contributed by atoms with Gasteiger partial charge in [-0.2, -0.15) is 0 Å². The van der Waals surface area contributed by atoms with E-state index >= 15 is 0 Å². The van der Waals surface area contributed by atoms with Crippen molar-refractivity contribution >= 4 is 29.9 Å². The zero-order valence-corrected chi connectivity index (χ0v) is 20.0. The Labute approximate surface area is 197 Å². The number of carbonyl (C=O) groups excluding carboxylic acids is 2. The molecule has 0 aliphatic carbocycles. The molecule has 32 heavy (non-hydrogen) atoms. The molecule has 0 aromatic heterocycles. The number of halogens is 1. The maximum atomic E-state index is 12.1. The number of likely N-dealkylation sites (tertiary alicyclic amines) is 1. The summed E-state index contributed by atoms with van der Waals surface area (Å²) in [5, 5.41) is 2.96. The van der Waals surface area contributed by atoms with Crippen LogP contribution in [-0.2, 0) is 9.59 Å². The summed E-state index contributed by atoms with van der Waals surface area (Å²) in [6, 6.07) is 8.22. The van der Waals surface area contributed by atoms with Crippen LogP contribution in [0.2, 0.25) is 0 Å². The van der Waals surface area contributed by atoms with Crippen molar-refractivity contribution in [2.45, 2.75) is 39.2 Å². The number of hydrogen-bond acceptors (Lipinski definition) is 5. The Morgan fingerprint density at radius 1 is 1.06 bits per heavy atom. The summed E-state index contributed by atoms with van der Waals surface area (Å²) in [5.41, 5.74) is 1.15. The highest BCUT2D eigenvalue weighted by molar-refractivity contribution is 5.85. The fourth-order valence-electron chi connectivity index (χ4n) is 3.90. The van der Waals surface area contributed by atoms with E-state index in [1.54, 1.807) is 4.90 Å². The van der Waals surface area contributed by atoms with Crippen molar-refractivity contribution in [3.05, 3.63) is 24.3 Å². The van der Waals surface area contributed by atoms with Gasteiger partial charge in [0.2, 0.25) is 11.8 Å². The molecule has 0 radical (unpaired) electrons. The van der Waals surface area contributed by atoms with Crippen LogP contribution in [0.1, 0.15) is 33.1 Å². The number of para-hydroxylation sites is 2. The lowest BCUT2D eigenvalue weighted by Gasteiger charge is -2.37. The average Bonchev–Trinajstić information content (AvgIpc) is 2.70. The second-order valence-electron chi connectivity index (χ2n) is 8.09. The second kappa shape index (κ2) is 14.9. The first-order valence-corrected chi connectivity index (χ1v) is 10.8. The van der Waals surface area contributed by atoms with Crippen LogP contribution in [-0.4, -0.2) is 91.0 Å². The summed E-state index contributed by atoms with van der Waals surface area (Å²) in [7, 11) is 0. The fraction of sp³-hybridized carbons (Fsp3) is 0.636. The third-order valence-corrected chi connectivity index (χ3v) is 5.45. The predicted molar refractivity (Wildman–Crippen MR) is 129 cm³/mol. The number of nitrogens with one attached hydrogen (secondary N) is 1. The zero-order chi connectivity index (χ0) is 20.6. The van der Waals surface area contributed by atoms with Crippen LogP contribution in [0.15, 0.2) is 24.3 Å². The SMILES string of the molecule is CC(C)Oc1ccccc1N1CCN(CCNC(=O)CN2CCCCC2=O)CC1.Cl.O.O. The van der Waals surface area contributed by atoms with Crippen LogP contribution in [0.5, 0.6) is 5.75 Å². The van der Waals surface area contributed by atoms with Gasteiger partial charge >= 0.3 is 0 Å². The molecule has 9 nitrogen and oxygen atoms in total. The van der Waals surface area contributed by atoms with E-state index in [9.17, 15) is 9.59 Å². The summed E-state index contributed by atoms with van der Waals surface area (Å²) >= 11 is 0. The lowest BCUT2D eigenvalue weighted by Crippen LogP contribution is -2.49. The first kappa shape index (κ1) is 29.9. The van der Waals surface area contributed by atoms with Crippen LogP contribution in [0.4, 0.5) is 5.69 Å². The number of piperidine rings is 1. The molecule has 2 aliphatic rings. The normalized spacial score (nSPS) is 16.5. The van der Waals surface area contributed by atoms with Gasteiger partial charge in [-0.1, -0.05) is 12.1 Å². The van der Waals surface area contributed by atoms with Gasteiger partial charge in [0.15, 0.2) is 0 Å². The molecule has 1 aromatic rings. The molecule has 2 heterocycles. The van der Waals surface area contributed by atoms with Crippen molar-refractivity contribution in [1.82, 2.24) is 15.1 Å². The summed E-state index contributed by atoms with van der Waals surface area (Å²) in [4.78, 5) is 30.3. The molecule has 184 valence electrons. The summed E-state index contributed by atoms with van der Waals surface area (Å²) in [5.74, 6) is 0.985. The van der Waals surface area contributed by atoms with Gasteiger partial charge in [-0.05, 0) is 38.8 Å². The van der Waals surface area contributed by atoms with Crippen LogP contribution < -0.4 is 15.0 Å². The first-order valence-electron chi connectivity index (χ1n) is 10.8. The van der Waals surface area contributed by atoms with E-state index in [2.05, 4.69) is 27.2 Å². The summed E-state index contributed by atoms with van der Waals surface area (Å²) in [6.07, 6.45) is 2.66. The first-order chi connectivity index (χ1) is 14.0.